The maximum Gasteiger partial charge on any atom is 0.157 e. The molecule has 0 unspecified atom stereocenters. The largest absolute Gasteiger partial charge is 0.453 e. The van der Waals surface area contributed by atoms with Crippen molar-refractivity contribution in [1.82, 2.24) is 19.9 Å². The lowest BCUT2D eigenvalue weighted by Crippen LogP contribution is -2.01. The Kier molecular flexibility index (Phi) is 9.07. The Hall–Kier alpha value is -7.03. The predicted molar refractivity (Wildman–Crippen MR) is 224 cm³/mol. The highest BCUT2D eigenvalue weighted by molar-refractivity contribution is 7.99. The first kappa shape index (κ1) is 32.8. The van der Waals surface area contributed by atoms with E-state index < -0.39 is 0 Å². The number of nitrogens with zero attached hydrogens (tertiary/aromatic N) is 2. The summed E-state index contributed by atoms with van der Waals surface area (Å²) < 4.78 is 5.71. The van der Waals surface area contributed by atoms with Gasteiger partial charge in [-0.3, -0.25) is 4.98 Å². The number of nitrogens with one attached hydrogen (secondary N) is 4. The van der Waals surface area contributed by atoms with E-state index in [2.05, 4.69) is 128 Å². The summed E-state index contributed by atoms with van der Waals surface area (Å²) in [6.07, 6.45) is 3.40. The van der Waals surface area contributed by atoms with Gasteiger partial charge in [-0.15, -0.1) is 0 Å². The zero-order chi connectivity index (χ0) is 36.1. The summed E-state index contributed by atoms with van der Waals surface area (Å²) in [5.74, 6) is 1.76. The maximum absolute atomic E-state index is 5.71. The number of rotatable bonds is 0. The van der Waals surface area contributed by atoms with Gasteiger partial charge in [0.1, 0.15) is 5.52 Å². The Morgan fingerprint density at radius 3 is 1.41 bits per heavy atom. The van der Waals surface area contributed by atoms with Gasteiger partial charge in [-0.2, -0.15) is 0 Å². The third-order valence-corrected chi connectivity index (χ3v) is 10.2. The highest BCUT2D eigenvalue weighted by atomic mass is 32.2. The fourth-order valence-corrected chi connectivity index (χ4v) is 7.50. The molecule has 7 aromatic carbocycles. The van der Waals surface area contributed by atoms with Crippen LogP contribution in [0.5, 0.6) is 11.5 Å². The molecule has 7 nitrogen and oxygen atoms in total. The molecular formula is C46H34N6OS. The fraction of sp³-hybridized carbons (Fsp3) is 0. The molecular weight excluding hydrogens is 685 g/mol. The number of fused-ring (bicyclic) bond motifs is 10. The van der Waals surface area contributed by atoms with Gasteiger partial charge >= 0.3 is 0 Å². The molecule has 260 valence electrons. The van der Waals surface area contributed by atoms with E-state index in [-0.39, 0.29) is 0 Å². The number of H-pyrrole nitrogens is 2. The fourth-order valence-electron chi connectivity index (χ4n) is 6.51. The molecule has 3 aromatic heterocycles. The van der Waals surface area contributed by atoms with E-state index >= 15 is 0 Å². The Bertz CT molecular complexity index is 2410. The number of hydrogen-bond donors (Lipinski definition) is 4. The molecule has 8 heteroatoms. The standard InChI is InChI=1S/C12H9NO.C12H9NS.C12H9N.C10H7N3/c2*1-3-7-11-9(5-1)13-10-6-2-4-8-12(10)14-11;1-3-7-11-9(5-1)10-6-2-4-8-12(10)13-11;1-2-4-8-7(3-1)9-10(13-8)12-6-5-11-9/h2*1-8,13H;1-8,13H;1-6H,(H,12,13). The molecule has 2 aliphatic rings. The van der Waals surface area contributed by atoms with Crippen LogP contribution < -0.4 is 15.4 Å². The number of aromatic nitrogens is 4. The van der Waals surface area contributed by atoms with E-state index in [1.165, 1.54) is 43.0 Å². The summed E-state index contributed by atoms with van der Waals surface area (Å²) in [5, 5.41) is 10.5. The van der Waals surface area contributed by atoms with Crippen LogP contribution in [-0.4, -0.2) is 19.9 Å². The van der Waals surface area contributed by atoms with Crippen LogP contribution in [0.3, 0.4) is 0 Å². The van der Waals surface area contributed by atoms with Crippen molar-refractivity contribution in [2.45, 2.75) is 9.79 Å². The summed E-state index contributed by atoms with van der Waals surface area (Å²) >= 11 is 1.82. The molecule has 0 aliphatic carbocycles. The molecule has 54 heavy (non-hydrogen) atoms. The van der Waals surface area contributed by atoms with Crippen LogP contribution in [0.15, 0.2) is 192 Å². The molecule has 0 amide bonds. The van der Waals surface area contributed by atoms with Crippen molar-refractivity contribution in [3.8, 4) is 11.5 Å². The molecule has 0 radical (unpaired) electrons. The first-order chi connectivity index (χ1) is 26.8. The van der Waals surface area contributed by atoms with Crippen molar-refractivity contribution >= 4 is 78.4 Å². The van der Waals surface area contributed by atoms with E-state index in [9.17, 15) is 0 Å². The van der Waals surface area contributed by atoms with Gasteiger partial charge in [0.25, 0.3) is 0 Å². The van der Waals surface area contributed by atoms with Crippen LogP contribution in [0.2, 0.25) is 0 Å². The number of ether oxygens (including phenoxy) is 1. The van der Waals surface area contributed by atoms with Gasteiger partial charge in [0, 0.05) is 54.9 Å². The molecule has 0 fully saturated rings. The smallest absolute Gasteiger partial charge is 0.157 e. The van der Waals surface area contributed by atoms with Crippen molar-refractivity contribution in [2.24, 2.45) is 0 Å². The minimum atomic E-state index is 0.851. The van der Waals surface area contributed by atoms with Crippen LogP contribution in [0.25, 0.3) is 43.9 Å². The second kappa shape index (κ2) is 14.9. The molecule has 4 N–H and O–H groups in total. The lowest BCUT2D eigenvalue weighted by molar-refractivity contribution is 0.481. The van der Waals surface area contributed by atoms with Gasteiger partial charge in [0.15, 0.2) is 17.1 Å². The first-order valence-corrected chi connectivity index (χ1v) is 18.5. The van der Waals surface area contributed by atoms with E-state index in [0.717, 1.165) is 44.9 Å². The molecule has 0 spiro atoms. The highest BCUT2D eigenvalue weighted by Crippen LogP contribution is 2.43. The minimum Gasteiger partial charge on any atom is -0.453 e. The molecule has 0 atom stereocenters. The lowest BCUT2D eigenvalue weighted by atomic mass is 10.2. The second-order valence-corrected chi connectivity index (χ2v) is 13.7. The zero-order valence-electron chi connectivity index (χ0n) is 29.0. The summed E-state index contributed by atoms with van der Waals surface area (Å²) in [5.41, 5.74) is 9.75. The van der Waals surface area contributed by atoms with Crippen molar-refractivity contribution in [2.75, 3.05) is 10.6 Å². The van der Waals surface area contributed by atoms with Crippen LogP contribution in [0.4, 0.5) is 22.7 Å². The van der Waals surface area contributed by atoms with Crippen LogP contribution in [-0.2, 0) is 0 Å². The topological polar surface area (TPSA) is 90.7 Å². The third-order valence-electron chi connectivity index (χ3n) is 9.07. The van der Waals surface area contributed by atoms with Gasteiger partial charge in [-0.05, 0) is 66.7 Å². The van der Waals surface area contributed by atoms with Crippen molar-refractivity contribution < 1.29 is 4.74 Å². The van der Waals surface area contributed by atoms with Gasteiger partial charge in [0.05, 0.1) is 22.7 Å². The average molecular weight is 719 g/mol. The summed E-state index contributed by atoms with van der Waals surface area (Å²) in [6.45, 7) is 0. The Labute approximate surface area is 316 Å². The van der Waals surface area contributed by atoms with Gasteiger partial charge in [-0.25, -0.2) is 4.98 Å². The monoisotopic (exact) mass is 718 g/mol. The molecule has 0 bridgehead atoms. The molecule has 0 saturated heterocycles. The molecule has 10 aromatic rings. The highest BCUT2D eigenvalue weighted by Gasteiger charge is 2.15. The number of benzene rings is 7. The van der Waals surface area contributed by atoms with E-state index in [0.29, 0.717) is 0 Å². The van der Waals surface area contributed by atoms with Crippen LogP contribution in [0, 0.1) is 0 Å². The van der Waals surface area contributed by atoms with E-state index in [1.54, 1.807) is 12.4 Å². The van der Waals surface area contributed by atoms with Gasteiger partial charge in [0.2, 0.25) is 0 Å². The molecule has 5 heterocycles. The van der Waals surface area contributed by atoms with E-state index in [1.807, 2.05) is 84.6 Å². The number of anilines is 4. The van der Waals surface area contributed by atoms with Gasteiger partial charge < -0.3 is 25.3 Å². The Balaban J connectivity index is 0.0000000950. The summed E-state index contributed by atoms with van der Waals surface area (Å²) in [7, 11) is 0. The van der Waals surface area contributed by atoms with Gasteiger partial charge in [-0.1, -0.05) is 115 Å². The van der Waals surface area contributed by atoms with Crippen LogP contribution in [0.1, 0.15) is 0 Å². The lowest BCUT2D eigenvalue weighted by Gasteiger charge is -2.20. The Morgan fingerprint density at radius 1 is 0.389 bits per heavy atom. The Morgan fingerprint density at radius 2 is 0.815 bits per heavy atom. The minimum absolute atomic E-state index is 0.851. The van der Waals surface area contributed by atoms with E-state index in [4.69, 9.17) is 4.74 Å². The molecule has 12 rings (SSSR count). The zero-order valence-corrected chi connectivity index (χ0v) is 29.8. The normalized spacial score (nSPS) is 11.7. The second-order valence-electron chi connectivity index (χ2n) is 12.6. The SMILES string of the molecule is c1ccc2c(c1)Nc1ccccc1O2.c1ccc2c(c1)Nc1ccccc1S2.c1ccc2c(c1)[nH]c1ccccc12.c1ccc2c(c1)[nH]c1nccnc12. The number of hydrogen-bond acceptors (Lipinski definition) is 6. The first-order valence-electron chi connectivity index (χ1n) is 17.7. The average Bonchev–Trinajstić information content (AvgIpc) is 3.81. The van der Waals surface area contributed by atoms with Crippen LogP contribution >= 0.6 is 11.8 Å². The third kappa shape index (κ3) is 6.81. The molecule has 0 saturated carbocycles. The van der Waals surface area contributed by atoms with Crippen molar-refractivity contribution in [3.05, 3.63) is 182 Å². The quantitative estimate of drug-likeness (QED) is 0.125. The number of aromatic amines is 2. The van der Waals surface area contributed by atoms with Crippen molar-refractivity contribution in [1.29, 1.82) is 0 Å². The molecule has 2 aliphatic heterocycles. The van der Waals surface area contributed by atoms with Crippen molar-refractivity contribution in [3.63, 3.8) is 0 Å². The summed E-state index contributed by atoms with van der Waals surface area (Å²) in [4.78, 5) is 17.7. The number of para-hydroxylation sites is 9. The summed E-state index contributed by atoms with van der Waals surface area (Å²) in [6, 6.07) is 57.4. The maximum atomic E-state index is 5.71. The predicted octanol–water partition coefficient (Wildman–Crippen LogP) is 12.9.